The van der Waals surface area contributed by atoms with Gasteiger partial charge in [0.2, 0.25) is 0 Å². The maximum atomic E-state index is 11.3. The first-order valence-electron chi connectivity index (χ1n) is 12.6. The number of aliphatic carboxylic acids is 4. The molecule has 0 bridgehead atoms. The van der Waals surface area contributed by atoms with Gasteiger partial charge in [-0.05, 0) is 23.3 Å². The summed E-state index contributed by atoms with van der Waals surface area (Å²) in [4.78, 5) is 50.2. The molecule has 4 atom stereocenters. The molecule has 0 saturated heterocycles. The summed E-state index contributed by atoms with van der Waals surface area (Å²) in [5.41, 5.74) is 9.03. The van der Waals surface area contributed by atoms with Gasteiger partial charge in [-0.25, -0.2) is 9.59 Å². The zero-order valence-corrected chi connectivity index (χ0v) is 22.2. The first kappa shape index (κ1) is 31.8. The van der Waals surface area contributed by atoms with Crippen molar-refractivity contribution in [3.05, 3.63) is 72.1 Å². The molecule has 0 aliphatic heterocycles. The Hall–Kier alpha value is -4.76. The number of aromatic amines is 2. The standard InChI is InChI=1S/2C14H16N2O5/c2*15-10(12(17)18)6-14(21,13(19)20)5-8-7-16-11-4-2-1-3-9(8)11/h2*1-4,7,10,16,21H,5-6,15H2,(H,17,18)(H,19,20)/t10-,14+;10-,14-/m10/s1. The average molecular weight is 585 g/mol. The van der Waals surface area contributed by atoms with Gasteiger partial charge in [0.25, 0.3) is 0 Å². The highest BCUT2D eigenvalue weighted by atomic mass is 16.4. The number of carboxylic acid groups (broad SMARTS) is 4. The lowest BCUT2D eigenvalue weighted by Crippen LogP contribution is -2.48. The van der Waals surface area contributed by atoms with Gasteiger partial charge in [0.05, 0.1) is 0 Å². The van der Waals surface area contributed by atoms with Crippen LogP contribution in [-0.2, 0) is 32.0 Å². The van der Waals surface area contributed by atoms with Crippen LogP contribution in [0.5, 0.6) is 0 Å². The van der Waals surface area contributed by atoms with Gasteiger partial charge in [-0.15, -0.1) is 0 Å². The number of nitrogens with one attached hydrogen (secondary N) is 2. The highest BCUT2D eigenvalue weighted by Crippen LogP contribution is 2.27. The summed E-state index contributed by atoms with van der Waals surface area (Å²) in [5.74, 6) is -5.70. The number of carboxylic acids is 4. The summed E-state index contributed by atoms with van der Waals surface area (Å²) >= 11 is 0. The Labute approximate surface area is 238 Å². The molecule has 0 spiro atoms. The third-order valence-electron chi connectivity index (χ3n) is 6.86. The minimum Gasteiger partial charge on any atom is -0.480 e. The van der Waals surface area contributed by atoms with E-state index in [-0.39, 0.29) is 12.8 Å². The second-order valence-corrected chi connectivity index (χ2v) is 10.0. The number of benzene rings is 2. The van der Waals surface area contributed by atoms with Crippen LogP contribution in [0.4, 0.5) is 0 Å². The first-order valence-corrected chi connectivity index (χ1v) is 12.6. The van der Waals surface area contributed by atoms with Crippen LogP contribution in [0.15, 0.2) is 60.9 Å². The number of fused-ring (bicyclic) bond motifs is 2. The van der Waals surface area contributed by atoms with Gasteiger partial charge < -0.3 is 52.1 Å². The van der Waals surface area contributed by atoms with Crippen LogP contribution >= 0.6 is 0 Å². The second kappa shape index (κ2) is 12.8. The van der Waals surface area contributed by atoms with Crippen molar-refractivity contribution in [2.24, 2.45) is 11.5 Å². The Balaban J connectivity index is 0.000000230. The van der Waals surface area contributed by atoms with Crippen LogP contribution in [0.25, 0.3) is 21.8 Å². The molecule has 0 aliphatic carbocycles. The molecule has 4 rings (SSSR count). The molecule has 4 aromatic rings. The van der Waals surface area contributed by atoms with Crippen molar-refractivity contribution in [3.63, 3.8) is 0 Å². The van der Waals surface area contributed by atoms with Crippen LogP contribution in [0.2, 0.25) is 0 Å². The van der Waals surface area contributed by atoms with E-state index in [4.69, 9.17) is 21.7 Å². The summed E-state index contributed by atoms with van der Waals surface area (Å²) in [6, 6.07) is 11.6. The quantitative estimate of drug-likeness (QED) is 0.110. The normalized spacial score (nSPS) is 15.5. The van der Waals surface area contributed by atoms with E-state index >= 15 is 0 Å². The van der Waals surface area contributed by atoms with Crippen LogP contribution in [-0.4, -0.2) is 87.8 Å². The van der Waals surface area contributed by atoms with Gasteiger partial charge in [0, 0.05) is 59.9 Å². The summed E-state index contributed by atoms with van der Waals surface area (Å²) in [5, 5.41) is 58.2. The van der Waals surface area contributed by atoms with Gasteiger partial charge in [0.1, 0.15) is 12.1 Å². The molecule has 0 aliphatic rings. The van der Waals surface area contributed by atoms with E-state index in [2.05, 4.69) is 9.97 Å². The predicted molar refractivity (Wildman–Crippen MR) is 150 cm³/mol. The zero-order chi connectivity index (χ0) is 31.2. The third kappa shape index (κ3) is 7.30. The third-order valence-corrected chi connectivity index (χ3v) is 6.86. The molecule has 0 amide bonds. The minimum atomic E-state index is -2.23. The Morgan fingerprint density at radius 2 is 0.976 bits per heavy atom. The molecule has 14 nitrogen and oxygen atoms in total. The van der Waals surface area contributed by atoms with E-state index in [1.165, 1.54) is 0 Å². The minimum absolute atomic E-state index is 0.229. The van der Waals surface area contributed by atoms with Crippen molar-refractivity contribution in [2.45, 2.75) is 49.0 Å². The lowest BCUT2D eigenvalue weighted by molar-refractivity contribution is -0.161. The van der Waals surface area contributed by atoms with Gasteiger partial charge in [-0.3, -0.25) is 9.59 Å². The number of aliphatic hydroxyl groups is 2. The van der Waals surface area contributed by atoms with Crippen molar-refractivity contribution < 1.29 is 49.8 Å². The summed E-state index contributed by atoms with van der Waals surface area (Å²) in [6.07, 6.45) is 1.60. The van der Waals surface area contributed by atoms with Gasteiger partial charge in [-0.2, -0.15) is 0 Å². The maximum Gasteiger partial charge on any atom is 0.336 e. The molecule has 0 unspecified atom stereocenters. The number of rotatable bonds is 12. The number of para-hydroxylation sites is 2. The molecule has 0 radical (unpaired) electrons. The van der Waals surface area contributed by atoms with E-state index in [1.54, 1.807) is 36.7 Å². The summed E-state index contributed by atoms with van der Waals surface area (Å²) in [7, 11) is 0. The van der Waals surface area contributed by atoms with Crippen LogP contribution in [0.3, 0.4) is 0 Å². The number of hydrogen-bond donors (Lipinski definition) is 10. The van der Waals surface area contributed by atoms with Crippen LogP contribution in [0.1, 0.15) is 24.0 Å². The fraction of sp³-hybridized carbons (Fsp3) is 0.286. The molecule has 0 saturated carbocycles. The monoisotopic (exact) mass is 584 g/mol. The molecule has 2 aromatic carbocycles. The van der Waals surface area contributed by atoms with Crippen molar-refractivity contribution in [2.75, 3.05) is 0 Å². The summed E-state index contributed by atoms with van der Waals surface area (Å²) < 4.78 is 0. The Bertz CT molecular complexity index is 1480. The molecule has 0 fully saturated rings. The Morgan fingerprint density at radius 1 is 0.643 bits per heavy atom. The SMILES string of the molecule is N[C@@H](C[C@@](O)(Cc1c[nH]c2ccccc12)C(=O)O)C(=O)O.N[C@H](C[C@@](O)(Cc1c[nH]c2ccccc12)C(=O)O)C(=O)O. The van der Waals surface area contributed by atoms with E-state index in [0.29, 0.717) is 11.1 Å². The topological polar surface area (TPSA) is 273 Å². The predicted octanol–water partition coefficient (Wildman–Crippen LogP) is 0.656. The second-order valence-electron chi connectivity index (χ2n) is 10.0. The van der Waals surface area contributed by atoms with Crippen molar-refractivity contribution >= 4 is 45.7 Å². The van der Waals surface area contributed by atoms with Crippen molar-refractivity contribution in [1.82, 2.24) is 9.97 Å². The van der Waals surface area contributed by atoms with Crippen molar-refractivity contribution in [3.8, 4) is 0 Å². The number of carbonyl (C=O) groups is 4. The van der Waals surface area contributed by atoms with E-state index in [0.717, 1.165) is 21.8 Å². The smallest absolute Gasteiger partial charge is 0.336 e. The highest BCUT2D eigenvalue weighted by Gasteiger charge is 2.41. The number of aromatic nitrogens is 2. The molecule has 42 heavy (non-hydrogen) atoms. The lowest BCUT2D eigenvalue weighted by Gasteiger charge is -2.24. The zero-order valence-electron chi connectivity index (χ0n) is 22.2. The highest BCUT2D eigenvalue weighted by molar-refractivity contribution is 5.87. The maximum absolute atomic E-state index is 11.3. The van der Waals surface area contributed by atoms with E-state index in [1.807, 2.05) is 24.3 Å². The fourth-order valence-electron chi connectivity index (χ4n) is 4.56. The summed E-state index contributed by atoms with van der Waals surface area (Å²) in [6.45, 7) is 0. The lowest BCUT2D eigenvalue weighted by atomic mass is 9.88. The average Bonchev–Trinajstić information content (AvgIpc) is 3.52. The Morgan fingerprint density at radius 3 is 1.29 bits per heavy atom. The first-order chi connectivity index (χ1) is 19.7. The molecule has 12 N–H and O–H groups in total. The van der Waals surface area contributed by atoms with Gasteiger partial charge in [-0.1, -0.05) is 36.4 Å². The number of H-pyrrole nitrogens is 2. The van der Waals surface area contributed by atoms with E-state index in [9.17, 15) is 39.6 Å². The molecule has 2 aromatic heterocycles. The number of hydrogen-bond acceptors (Lipinski definition) is 8. The van der Waals surface area contributed by atoms with Gasteiger partial charge >= 0.3 is 23.9 Å². The molecule has 2 heterocycles. The van der Waals surface area contributed by atoms with Gasteiger partial charge in [0.15, 0.2) is 11.2 Å². The molecular weight excluding hydrogens is 552 g/mol. The molecular formula is C28H32N4O10. The van der Waals surface area contributed by atoms with Crippen molar-refractivity contribution in [1.29, 1.82) is 0 Å². The van der Waals surface area contributed by atoms with Crippen LogP contribution < -0.4 is 11.5 Å². The van der Waals surface area contributed by atoms with E-state index < -0.39 is 60.0 Å². The van der Waals surface area contributed by atoms with Crippen LogP contribution in [0, 0.1) is 0 Å². The molecule has 224 valence electrons. The molecule has 14 heteroatoms. The fourth-order valence-corrected chi connectivity index (χ4v) is 4.56. The largest absolute Gasteiger partial charge is 0.480 e. The Kier molecular flexibility index (Phi) is 9.70. The number of nitrogens with two attached hydrogens (primary N) is 2.